The van der Waals surface area contributed by atoms with Crippen LogP contribution in [0, 0.1) is 6.92 Å². The van der Waals surface area contributed by atoms with Crippen molar-refractivity contribution in [3.05, 3.63) is 40.1 Å². The number of carbonyl (C=O) groups excluding carboxylic acids is 1. The second-order valence-corrected chi connectivity index (χ2v) is 9.59. The Labute approximate surface area is 184 Å². The van der Waals surface area contributed by atoms with Crippen molar-refractivity contribution >= 4 is 22.0 Å². The first kappa shape index (κ1) is 22.0. The molecule has 0 aliphatic carbocycles. The third-order valence-corrected chi connectivity index (χ3v) is 7.39. The predicted octanol–water partition coefficient (Wildman–Crippen LogP) is 0.514. The molecule has 170 valence electrons. The number of piperazine rings is 1. The number of aromatic hydroxyl groups is 1. The van der Waals surface area contributed by atoms with Gasteiger partial charge in [-0.15, -0.1) is 5.10 Å². The van der Waals surface area contributed by atoms with Crippen molar-refractivity contribution in [1.29, 1.82) is 0 Å². The molecule has 2 N–H and O–H groups in total. The van der Waals surface area contributed by atoms with Crippen LogP contribution in [0.25, 0.3) is 16.9 Å². The molecule has 0 radical (unpaired) electrons. The van der Waals surface area contributed by atoms with Crippen LogP contribution in [-0.2, 0) is 21.2 Å². The quantitative estimate of drug-likeness (QED) is 0.511. The Morgan fingerprint density at radius 3 is 2.59 bits per heavy atom. The number of hydrogen-bond donors (Lipinski definition) is 2. The molecule has 1 aliphatic heterocycles. The van der Waals surface area contributed by atoms with Gasteiger partial charge in [0.25, 0.3) is 5.56 Å². The van der Waals surface area contributed by atoms with E-state index in [9.17, 15) is 23.1 Å². The fourth-order valence-electron chi connectivity index (χ4n) is 3.81. The Morgan fingerprint density at radius 1 is 1.22 bits per heavy atom. The van der Waals surface area contributed by atoms with Crippen molar-refractivity contribution in [3.8, 4) is 17.1 Å². The van der Waals surface area contributed by atoms with Crippen LogP contribution in [0.4, 0.5) is 0 Å². The number of nitrogens with zero attached hydrogens (tertiary/aromatic N) is 5. The van der Waals surface area contributed by atoms with Crippen LogP contribution in [0.5, 0.6) is 5.75 Å². The Balaban J connectivity index is 1.78. The maximum absolute atomic E-state index is 13.1. The molecule has 1 fully saturated rings. The first-order chi connectivity index (χ1) is 15.3. The van der Waals surface area contributed by atoms with Crippen LogP contribution in [0.1, 0.15) is 24.9 Å². The molecule has 4 rings (SSSR count). The van der Waals surface area contributed by atoms with E-state index in [0.29, 0.717) is 43.0 Å². The van der Waals surface area contributed by atoms with E-state index in [4.69, 9.17) is 0 Å². The van der Waals surface area contributed by atoms with Crippen LogP contribution < -0.4 is 5.56 Å². The Bertz CT molecular complexity index is 1340. The first-order valence-corrected chi connectivity index (χ1v) is 11.7. The van der Waals surface area contributed by atoms with Crippen molar-refractivity contribution in [2.45, 2.75) is 31.6 Å². The third-order valence-electron chi connectivity index (χ3n) is 5.50. The van der Waals surface area contributed by atoms with Gasteiger partial charge in [0.15, 0.2) is 11.3 Å². The van der Waals surface area contributed by atoms with Crippen molar-refractivity contribution in [2.24, 2.45) is 0 Å². The number of sulfonamides is 1. The molecule has 0 bridgehead atoms. The fraction of sp³-hybridized carbons (Fsp3) is 0.400. The maximum Gasteiger partial charge on any atom is 0.277 e. The molecule has 1 aliphatic rings. The van der Waals surface area contributed by atoms with Crippen LogP contribution >= 0.6 is 0 Å². The lowest BCUT2D eigenvalue weighted by Crippen LogP contribution is -2.47. The minimum Gasteiger partial charge on any atom is -0.507 e. The lowest BCUT2D eigenvalue weighted by Gasteiger charge is -2.31. The first-order valence-electron chi connectivity index (χ1n) is 10.3. The van der Waals surface area contributed by atoms with Gasteiger partial charge in [-0.05, 0) is 31.5 Å². The van der Waals surface area contributed by atoms with Crippen molar-refractivity contribution < 1.29 is 18.3 Å². The number of rotatable bonds is 6. The number of fused-ring (bicyclic) bond motifs is 1. The highest BCUT2D eigenvalue weighted by atomic mass is 32.2. The topological polar surface area (TPSA) is 141 Å². The summed E-state index contributed by atoms with van der Waals surface area (Å²) in [6.45, 7) is 4.67. The van der Waals surface area contributed by atoms with E-state index in [0.717, 1.165) is 6.42 Å². The molecule has 3 aromatic rings. The van der Waals surface area contributed by atoms with E-state index in [2.05, 4.69) is 15.1 Å². The van der Waals surface area contributed by atoms with Crippen LogP contribution in [0.3, 0.4) is 0 Å². The van der Waals surface area contributed by atoms with Crippen LogP contribution in [0.2, 0.25) is 0 Å². The Morgan fingerprint density at radius 2 is 1.94 bits per heavy atom. The summed E-state index contributed by atoms with van der Waals surface area (Å²) in [6, 6.07) is 3.87. The number of hydrogen-bond acceptors (Lipinski definition) is 7. The molecule has 1 saturated heterocycles. The van der Waals surface area contributed by atoms with Gasteiger partial charge in [0.1, 0.15) is 11.6 Å². The van der Waals surface area contributed by atoms with Gasteiger partial charge < -0.3 is 15.0 Å². The molecule has 0 spiro atoms. The summed E-state index contributed by atoms with van der Waals surface area (Å²) in [5.74, 6) is 0.437. The van der Waals surface area contributed by atoms with Gasteiger partial charge in [-0.25, -0.2) is 17.9 Å². The van der Waals surface area contributed by atoms with E-state index < -0.39 is 15.6 Å². The number of phenolic OH excluding ortho intramolecular Hbond substituents is 1. The second kappa shape index (κ2) is 8.36. The molecular formula is C20H24N6O5S. The van der Waals surface area contributed by atoms with Gasteiger partial charge in [0, 0.05) is 32.6 Å². The normalized spacial score (nSPS) is 15.4. The number of nitrogens with one attached hydrogen (secondary N) is 1. The molecule has 1 amide bonds. The molecule has 11 nitrogen and oxygen atoms in total. The summed E-state index contributed by atoms with van der Waals surface area (Å²) in [5.41, 5.74) is 0.516. The molecule has 0 unspecified atom stereocenters. The number of phenols is 1. The maximum atomic E-state index is 13.1. The van der Waals surface area contributed by atoms with Crippen molar-refractivity contribution in [1.82, 2.24) is 28.8 Å². The molecule has 0 saturated carbocycles. The number of H-pyrrole nitrogens is 1. The van der Waals surface area contributed by atoms with E-state index in [1.165, 1.54) is 31.9 Å². The number of aromatic amines is 1. The summed E-state index contributed by atoms with van der Waals surface area (Å²) in [5, 5.41) is 14.9. The minimum absolute atomic E-state index is 0.0387. The SMILES string of the molecule is CCCc1nc(C)c2c(=O)[nH]c(-c3cc(S(=O)(=O)N4CCN(C=O)CC4)ccc3O)nn12. The number of imidazole rings is 1. The van der Waals surface area contributed by atoms with Gasteiger partial charge in [-0.1, -0.05) is 6.92 Å². The lowest BCUT2D eigenvalue weighted by molar-refractivity contribution is -0.119. The van der Waals surface area contributed by atoms with Gasteiger partial charge in [0.05, 0.1) is 16.2 Å². The highest BCUT2D eigenvalue weighted by Crippen LogP contribution is 2.30. The monoisotopic (exact) mass is 460 g/mol. The largest absolute Gasteiger partial charge is 0.507 e. The summed E-state index contributed by atoms with van der Waals surface area (Å²) < 4.78 is 29.0. The number of aromatic nitrogens is 4. The molecule has 1 aromatic carbocycles. The van der Waals surface area contributed by atoms with E-state index >= 15 is 0 Å². The minimum atomic E-state index is -3.87. The fourth-order valence-corrected chi connectivity index (χ4v) is 5.26. The van der Waals surface area contributed by atoms with Crippen LogP contribution in [-0.4, -0.2) is 74.9 Å². The second-order valence-electron chi connectivity index (χ2n) is 7.65. The van der Waals surface area contributed by atoms with Crippen LogP contribution in [0.15, 0.2) is 27.9 Å². The zero-order valence-corrected chi connectivity index (χ0v) is 18.6. The van der Waals surface area contributed by atoms with Gasteiger partial charge in [-0.3, -0.25) is 9.59 Å². The number of benzene rings is 1. The van der Waals surface area contributed by atoms with Gasteiger partial charge in [-0.2, -0.15) is 4.31 Å². The zero-order valence-electron chi connectivity index (χ0n) is 17.8. The van der Waals surface area contributed by atoms with Gasteiger partial charge >= 0.3 is 0 Å². The summed E-state index contributed by atoms with van der Waals surface area (Å²) >= 11 is 0. The average molecular weight is 461 g/mol. The molecule has 32 heavy (non-hydrogen) atoms. The Kier molecular flexibility index (Phi) is 5.73. The van der Waals surface area contributed by atoms with E-state index in [1.54, 1.807) is 6.92 Å². The lowest BCUT2D eigenvalue weighted by atomic mass is 10.2. The number of amides is 1. The van der Waals surface area contributed by atoms with Crippen molar-refractivity contribution in [2.75, 3.05) is 26.2 Å². The molecule has 3 heterocycles. The summed E-state index contributed by atoms with van der Waals surface area (Å²) in [7, 11) is -3.87. The highest BCUT2D eigenvalue weighted by Gasteiger charge is 2.29. The Hall–Kier alpha value is -3.25. The van der Waals surface area contributed by atoms with E-state index in [1.807, 2.05) is 6.92 Å². The molecule has 0 atom stereocenters. The molecular weight excluding hydrogens is 436 g/mol. The highest BCUT2D eigenvalue weighted by molar-refractivity contribution is 7.89. The summed E-state index contributed by atoms with van der Waals surface area (Å²) in [6.07, 6.45) is 2.11. The predicted molar refractivity (Wildman–Crippen MR) is 116 cm³/mol. The zero-order chi connectivity index (χ0) is 23.0. The van der Waals surface area contributed by atoms with Crippen molar-refractivity contribution in [3.63, 3.8) is 0 Å². The number of aryl methyl sites for hydroxylation is 2. The smallest absolute Gasteiger partial charge is 0.277 e. The molecule has 12 heteroatoms. The third kappa shape index (κ3) is 3.75. The summed E-state index contributed by atoms with van der Waals surface area (Å²) in [4.78, 5) is 32.1. The number of carbonyl (C=O) groups is 1. The average Bonchev–Trinajstić information content (AvgIpc) is 3.09. The standard InChI is InChI=1S/C20H24N6O5S/c1-3-4-17-21-13(2)18-20(29)22-19(23-26(17)18)15-11-14(5-6-16(15)28)32(30,31)25-9-7-24(12-27)8-10-25/h5-6,11-12,28H,3-4,7-10H2,1-2H3,(H,22,23,29). The van der Waals surface area contributed by atoms with Gasteiger partial charge in [0.2, 0.25) is 16.4 Å². The molecule has 2 aromatic heterocycles. The van der Waals surface area contributed by atoms with E-state index in [-0.39, 0.29) is 35.1 Å².